The number of hydrogen-bond donors (Lipinski definition) is 1. The molecule has 2 aromatic rings. The molecule has 0 aromatic heterocycles. The van der Waals surface area contributed by atoms with E-state index in [-0.39, 0.29) is 23.8 Å². The third-order valence-corrected chi connectivity index (χ3v) is 5.29. The summed E-state index contributed by atoms with van der Waals surface area (Å²) in [6.45, 7) is 1.68. The second kappa shape index (κ2) is 10.1. The maximum absolute atomic E-state index is 13.2. The molecule has 0 aliphatic rings. The van der Waals surface area contributed by atoms with Crippen molar-refractivity contribution in [3.63, 3.8) is 0 Å². The van der Waals surface area contributed by atoms with E-state index in [4.69, 9.17) is 39.5 Å². The van der Waals surface area contributed by atoms with Gasteiger partial charge in [0.05, 0.1) is 28.8 Å². The summed E-state index contributed by atoms with van der Waals surface area (Å²) in [6.07, 6.45) is 0.421. The van der Waals surface area contributed by atoms with Gasteiger partial charge in [-0.15, -0.1) is 0 Å². The van der Waals surface area contributed by atoms with E-state index in [0.29, 0.717) is 21.3 Å². The Morgan fingerprint density at radius 1 is 1.11 bits per heavy atom. The van der Waals surface area contributed by atoms with Gasteiger partial charge < -0.3 is 10.1 Å². The molecule has 8 heteroatoms. The Hall–Kier alpha value is -1.82. The average Bonchev–Trinajstić information content (AvgIpc) is 2.65. The predicted octanol–water partition coefficient (Wildman–Crippen LogP) is 5.78. The second-order valence-electron chi connectivity index (χ2n) is 6.38. The number of para-hydroxylation sites is 1. The highest BCUT2D eigenvalue weighted by atomic mass is 35.5. The van der Waals surface area contributed by atoms with Gasteiger partial charge in [-0.25, -0.2) is 4.39 Å². The van der Waals surface area contributed by atoms with E-state index < -0.39 is 23.6 Å². The fourth-order valence-electron chi connectivity index (χ4n) is 2.78. The Bertz CT molecular complexity index is 856. The van der Waals surface area contributed by atoms with Crippen molar-refractivity contribution in [2.24, 2.45) is 11.8 Å². The summed E-state index contributed by atoms with van der Waals surface area (Å²) in [6, 6.07) is 8.86. The lowest BCUT2D eigenvalue weighted by Crippen LogP contribution is -2.27. The number of carbonyl (C=O) groups excluding carboxylic acids is 2. The Morgan fingerprint density at radius 2 is 1.75 bits per heavy atom. The number of ether oxygens (including phenoxy) is 1. The van der Waals surface area contributed by atoms with Gasteiger partial charge >= 0.3 is 5.97 Å². The zero-order chi connectivity index (χ0) is 20.8. The van der Waals surface area contributed by atoms with Crippen LogP contribution in [0.4, 0.5) is 10.1 Å². The van der Waals surface area contributed by atoms with Crippen molar-refractivity contribution in [2.45, 2.75) is 19.8 Å². The highest BCUT2D eigenvalue weighted by Crippen LogP contribution is 2.31. The van der Waals surface area contributed by atoms with Crippen LogP contribution in [0, 0.1) is 17.7 Å². The molecule has 0 saturated heterocycles. The zero-order valence-corrected chi connectivity index (χ0v) is 17.5. The zero-order valence-electron chi connectivity index (χ0n) is 15.3. The van der Waals surface area contributed by atoms with Crippen LogP contribution in [0.2, 0.25) is 15.1 Å². The normalized spacial score (nSPS) is 12.9. The fourth-order valence-corrected chi connectivity index (χ4v) is 3.52. The monoisotopic (exact) mass is 445 g/mol. The first-order valence-electron chi connectivity index (χ1n) is 8.49. The van der Waals surface area contributed by atoms with Gasteiger partial charge in [0.25, 0.3) is 0 Å². The molecule has 2 aromatic carbocycles. The number of rotatable bonds is 7. The quantitative estimate of drug-likeness (QED) is 0.548. The van der Waals surface area contributed by atoms with E-state index in [1.54, 1.807) is 25.1 Å². The first-order valence-corrected chi connectivity index (χ1v) is 9.63. The molecule has 0 aliphatic heterocycles. The molecule has 2 rings (SSSR count). The van der Waals surface area contributed by atoms with E-state index in [2.05, 4.69) is 5.32 Å². The van der Waals surface area contributed by atoms with E-state index in [1.165, 1.54) is 25.3 Å². The molecule has 0 radical (unpaired) electrons. The molecular formula is C20H19Cl3FNO3. The molecule has 0 aliphatic carbocycles. The number of halogens is 4. The highest BCUT2D eigenvalue weighted by Gasteiger charge is 2.27. The van der Waals surface area contributed by atoms with Gasteiger partial charge in [0.15, 0.2) is 0 Å². The van der Waals surface area contributed by atoms with Crippen LogP contribution in [-0.4, -0.2) is 19.0 Å². The number of amides is 1. The van der Waals surface area contributed by atoms with Gasteiger partial charge in [-0.1, -0.05) is 53.9 Å². The second-order valence-corrected chi connectivity index (χ2v) is 7.60. The lowest BCUT2D eigenvalue weighted by atomic mass is 9.89. The van der Waals surface area contributed by atoms with Crippen molar-refractivity contribution in [3.05, 3.63) is 62.8 Å². The summed E-state index contributed by atoms with van der Waals surface area (Å²) in [7, 11) is 1.27. The lowest BCUT2D eigenvalue weighted by Gasteiger charge is -2.20. The number of nitrogens with one attached hydrogen (secondary N) is 1. The maximum Gasteiger partial charge on any atom is 0.309 e. The Morgan fingerprint density at radius 3 is 2.32 bits per heavy atom. The molecule has 1 amide bonds. The van der Waals surface area contributed by atoms with E-state index >= 15 is 0 Å². The summed E-state index contributed by atoms with van der Waals surface area (Å²) in [5.74, 6) is -2.45. The van der Waals surface area contributed by atoms with E-state index in [0.717, 1.165) is 0 Å². The standard InChI is InChI=1S/C20H19Cl3FNO3/c1-11(19(26)25-18-15(21)4-3-5-16(18)22)8-13(20(27)28-2)9-12-6-7-14(24)10-17(12)23/h3-7,10-11,13H,8-9H2,1-2H3,(H,25,26)/t11-,13?/m0/s1. The molecule has 0 saturated carbocycles. The minimum Gasteiger partial charge on any atom is -0.469 e. The number of benzene rings is 2. The predicted molar refractivity (Wildman–Crippen MR) is 109 cm³/mol. The van der Waals surface area contributed by atoms with Crippen molar-refractivity contribution >= 4 is 52.4 Å². The summed E-state index contributed by atoms with van der Waals surface area (Å²) >= 11 is 18.2. The molecule has 0 heterocycles. The van der Waals surface area contributed by atoms with Crippen LogP contribution < -0.4 is 5.32 Å². The van der Waals surface area contributed by atoms with Crippen LogP contribution in [0.15, 0.2) is 36.4 Å². The smallest absolute Gasteiger partial charge is 0.309 e. The van der Waals surface area contributed by atoms with Crippen LogP contribution >= 0.6 is 34.8 Å². The summed E-state index contributed by atoms with van der Waals surface area (Å²) in [5.41, 5.74) is 0.916. The third-order valence-electron chi connectivity index (χ3n) is 4.31. The van der Waals surface area contributed by atoms with Gasteiger partial charge in [0.2, 0.25) is 5.91 Å². The number of carbonyl (C=O) groups is 2. The summed E-state index contributed by atoms with van der Waals surface area (Å²) in [4.78, 5) is 24.8. The van der Waals surface area contributed by atoms with Crippen molar-refractivity contribution < 1.29 is 18.7 Å². The number of hydrogen-bond acceptors (Lipinski definition) is 3. The molecular weight excluding hydrogens is 428 g/mol. The van der Waals surface area contributed by atoms with E-state index in [9.17, 15) is 14.0 Å². The van der Waals surface area contributed by atoms with Crippen molar-refractivity contribution in [1.82, 2.24) is 0 Å². The minimum atomic E-state index is -0.629. The molecule has 1 unspecified atom stereocenters. The Balaban J connectivity index is 2.12. The molecule has 0 fully saturated rings. The van der Waals surface area contributed by atoms with Gasteiger partial charge in [-0.2, -0.15) is 0 Å². The number of methoxy groups -OCH3 is 1. The molecule has 0 spiro atoms. The molecule has 0 bridgehead atoms. The summed E-state index contributed by atoms with van der Waals surface area (Å²) in [5, 5.41) is 3.54. The first-order chi connectivity index (χ1) is 13.2. The van der Waals surface area contributed by atoms with E-state index in [1.807, 2.05) is 0 Å². The van der Waals surface area contributed by atoms with Crippen LogP contribution in [0.5, 0.6) is 0 Å². The first kappa shape index (κ1) is 22.5. The van der Waals surface area contributed by atoms with Crippen LogP contribution in [-0.2, 0) is 20.7 Å². The van der Waals surface area contributed by atoms with Crippen LogP contribution in [0.1, 0.15) is 18.9 Å². The van der Waals surface area contributed by atoms with Gasteiger partial charge in [-0.05, 0) is 42.7 Å². The SMILES string of the molecule is COC(=O)C(Cc1ccc(F)cc1Cl)C[C@H](C)C(=O)Nc1c(Cl)cccc1Cl. The number of anilines is 1. The topological polar surface area (TPSA) is 55.4 Å². The maximum atomic E-state index is 13.2. The average molecular weight is 447 g/mol. The number of esters is 1. The van der Waals surface area contributed by atoms with Gasteiger partial charge in [0, 0.05) is 10.9 Å². The van der Waals surface area contributed by atoms with Crippen molar-refractivity contribution in [3.8, 4) is 0 Å². The molecule has 1 N–H and O–H groups in total. The van der Waals surface area contributed by atoms with Gasteiger partial charge in [0.1, 0.15) is 5.82 Å². The molecule has 150 valence electrons. The summed E-state index contributed by atoms with van der Waals surface area (Å²) < 4.78 is 18.1. The molecule has 28 heavy (non-hydrogen) atoms. The van der Waals surface area contributed by atoms with Crippen LogP contribution in [0.25, 0.3) is 0 Å². The van der Waals surface area contributed by atoms with Crippen molar-refractivity contribution in [1.29, 1.82) is 0 Å². The Kier molecular flexibility index (Phi) is 8.10. The highest BCUT2D eigenvalue weighted by molar-refractivity contribution is 6.39. The van der Waals surface area contributed by atoms with Crippen LogP contribution in [0.3, 0.4) is 0 Å². The van der Waals surface area contributed by atoms with Crippen molar-refractivity contribution in [2.75, 3.05) is 12.4 Å². The Labute approximate surface area is 177 Å². The molecule has 2 atom stereocenters. The minimum absolute atomic E-state index is 0.203. The van der Waals surface area contributed by atoms with Gasteiger partial charge in [-0.3, -0.25) is 9.59 Å². The third kappa shape index (κ3) is 5.84. The molecule has 4 nitrogen and oxygen atoms in total. The largest absolute Gasteiger partial charge is 0.469 e. The lowest BCUT2D eigenvalue weighted by molar-refractivity contribution is -0.146. The fraction of sp³-hybridized carbons (Fsp3) is 0.300.